The second kappa shape index (κ2) is 3.47. The highest BCUT2D eigenvalue weighted by molar-refractivity contribution is 5.71. The summed E-state index contributed by atoms with van der Waals surface area (Å²) in [6.45, 7) is 3.59. The molecule has 1 aromatic heterocycles. The molecule has 1 unspecified atom stereocenters. The van der Waals surface area contributed by atoms with Gasteiger partial charge in [-0.1, -0.05) is 6.92 Å². The molecule has 0 spiro atoms. The zero-order valence-corrected chi connectivity index (χ0v) is 7.69. The second-order valence-electron chi connectivity index (χ2n) is 2.92. The van der Waals surface area contributed by atoms with Crippen LogP contribution in [-0.2, 0) is 4.79 Å². The number of carbonyl (C=O) groups is 1. The minimum absolute atomic E-state index is 0.359. The Morgan fingerprint density at radius 2 is 2.46 bits per heavy atom. The molecule has 1 aromatic rings. The number of aryl methyl sites for hydroxylation is 1. The minimum Gasteiger partial charge on any atom is -0.480 e. The molecule has 0 aliphatic heterocycles. The molecule has 3 N–H and O–H groups in total. The van der Waals surface area contributed by atoms with E-state index >= 15 is 0 Å². The minimum atomic E-state index is -0.881. The van der Waals surface area contributed by atoms with Crippen LogP contribution in [0.4, 0.5) is 5.82 Å². The highest BCUT2D eigenvalue weighted by Gasteiger charge is 2.19. The van der Waals surface area contributed by atoms with Crippen molar-refractivity contribution in [3.8, 4) is 0 Å². The lowest BCUT2D eigenvalue weighted by Gasteiger charge is -2.11. The van der Waals surface area contributed by atoms with Crippen molar-refractivity contribution in [1.82, 2.24) is 9.78 Å². The number of anilines is 1. The van der Waals surface area contributed by atoms with Crippen LogP contribution >= 0.6 is 0 Å². The molecule has 0 aliphatic carbocycles. The molecule has 0 bridgehead atoms. The summed E-state index contributed by atoms with van der Waals surface area (Å²) in [5, 5.41) is 12.8. The molecule has 0 aromatic carbocycles. The Labute approximate surface area is 76.2 Å². The van der Waals surface area contributed by atoms with Crippen LogP contribution in [0.15, 0.2) is 6.07 Å². The molecule has 0 saturated heterocycles. The molecule has 0 fully saturated rings. The zero-order chi connectivity index (χ0) is 10.0. The van der Waals surface area contributed by atoms with Crippen LogP contribution in [0.3, 0.4) is 0 Å². The monoisotopic (exact) mass is 183 g/mol. The van der Waals surface area contributed by atoms with Gasteiger partial charge < -0.3 is 10.8 Å². The van der Waals surface area contributed by atoms with E-state index in [1.165, 1.54) is 4.68 Å². The molecular formula is C8H13N3O2. The predicted molar refractivity (Wildman–Crippen MR) is 48.3 cm³/mol. The summed E-state index contributed by atoms with van der Waals surface area (Å²) in [5.74, 6) is -0.522. The van der Waals surface area contributed by atoms with Crippen molar-refractivity contribution < 1.29 is 9.90 Å². The molecule has 13 heavy (non-hydrogen) atoms. The van der Waals surface area contributed by atoms with Crippen LogP contribution < -0.4 is 5.73 Å². The van der Waals surface area contributed by atoms with Crippen molar-refractivity contribution in [3.63, 3.8) is 0 Å². The zero-order valence-electron chi connectivity index (χ0n) is 7.69. The topological polar surface area (TPSA) is 81.1 Å². The number of nitrogens with zero attached hydrogens (tertiary/aromatic N) is 2. The van der Waals surface area contributed by atoms with Gasteiger partial charge in [-0.2, -0.15) is 5.10 Å². The lowest BCUT2D eigenvalue weighted by atomic mass is 10.2. The summed E-state index contributed by atoms with van der Waals surface area (Å²) in [7, 11) is 0. The van der Waals surface area contributed by atoms with E-state index in [2.05, 4.69) is 5.10 Å². The van der Waals surface area contributed by atoms with Crippen molar-refractivity contribution in [2.45, 2.75) is 26.3 Å². The maximum atomic E-state index is 10.8. The number of aromatic nitrogens is 2. The van der Waals surface area contributed by atoms with Gasteiger partial charge in [-0.25, -0.2) is 4.79 Å². The van der Waals surface area contributed by atoms with E-state index in [9.17, 15) is 4.79 Å². The molecule has 5 nitrogen and oxygen atoms in total. The van der Waals surface area contributed by atoms with E-state index < -0.39 is 12.0 Å². The molecule has 0 aliphatic rings. The number of carboxylic acid groups (broad SMARTS) is 1. The fraction of sp³-hybridized carbons (Fsp3) is 0.500. The number of nitrogens with two attached hydrogens (primary N) is 1. The Kier molecular flexibility index (Phi) is 2.55. The van der Waals surface area contributed by atoms with Gasteiger partial charge in [0.25, 0.3) is 0 Å². The average molecular weight is 183 g/mol. The molecule has 5 heteroatoms. The third kappa shape index (κ3) is 1.80. The maximum absolute atomic E-state index is 10.8. The SMILES string of the molecule is CCC(C(=O)O)n1nc(N)cc1C. The summed E-state index contributed by atoms with van der Waals surface area (Å²) in [4.78, 5) is 10.8. The Hall–Kier alpha value is -1.52. The third-order valence-corrected chi connectivity index (χ3v) is 1.91. The van der Waals surface area contributed by atoms with E-state index in [4.69, 9.17) is 10.8 Å². The molecule has 1 rings (SSSR count). The fourth-order valence-corrected chi connectivity index (χ4v) is 1.28. The van der Waals surface area contributed by atoms with Crippen LogP contribution in [0.2, 0.25) is 0 Å². The smallest absolute Gasteiger partial charge is 0.328 e. The first-order chi connectivity index (χ1) is 6.06. The van der Waals surface area contributed by atoms with Crippen LogP contribution in [0.1, 0.15) is 25.1 Å². The largest absolute Gasteiger partial charge is 0.480 e. The van der Waals surface area contributed by atoms with E-state index in [0.29, 0.717) is 12.2 Å². The Balaban J connectivity index is 3.04. The van der Waals surface area contributed by atoms with Gasteiger partial charge in [0.15, 0.2) is 0 Å². The standard InChI is InChI=1S/C8H13N3O2/c1-3-6(8(12)13)11-5(2)4-7(9)10-11/h4,6H,3H2,1-2H3,(H2,9,10)(H,12,13). The second-order valence-corrected chi connectivity index (χ2v) is 2.92. The van der Waals surface area contributed by atoms with Crippen LogP contribution in [-0.4, -0.2) is 20.9 Å². The van der Waals surface area contributed by atoms with E-state index in [0.717, 1.165) is 5.69 Å². The van der Waals surface area contributed by atoms with Gasteiger partial charge in [0, 0.05) is 11.8 Å². The average Bonchev–Trinajstić information content (AvgIpc) is 2.31. The molecule has 72 valence electrons. The van der Waals surface area contributed by atoms with Crippen LogP contribution in [0.5, 0.6) is 0 Å². The Bertz CT molecular complexity index is 319. The van der Waals surface area contributed by atoms with Crippen molar-refractivity contribution in [3.05, 3.63) is 11.8 Å². The Morgan fingerprint density at radius 1 is 1.85 bits per heavy atom. The summed E-state index contributed by atoms with van der Waals surface area (Å²) in [6.07, 6.45) is 0.497. The van der Waals surface area contributed by atoms with E-state index in [-0.39, 0.29) is 0 Å². The van der Waals surface area contributed by atoms with Crippen molar-refractivity contribution in [1.29, 1.82) is 0 Å². The predicted octanol–water partition coefficient (Wildman–Crippen LogP) is 0.809. The normalized spacial score (nSPS) is 12.8. The van der Waals surface area contributed by atoms with E-state index in [1.54, 1.807) is 19.9 Å². The lowest BCUT2D eigenvalue weighted by molar-refractivity contribution is -0.141. The Morgan fingerprint density at radius 3 is 2.77 bits per heavy atom. The van der Waals surface area contributed by atoms with Crippen LogP contribution in [0.25, 0.3) is 0 Å². The van der Waals surface area contributed by atoms with Gasteiger partial charge in [0.05, 0.1) is 0 Å². The van der Waals surface area contributed by atoms with Gasteiger partial charge in [0.2, 0.25) is 0 Å². The fourth-order valence-electron chi connectivity index (χ4n) is 1.28. The van der Waals surface area contributed by atoms with E-state index in [1.807, 2.05) is 0 Å². The van der Waals surface area contributed by atoms with Crippen molar-refractivity contribution in [2.75, 3.05) is 5.73 Å². The molecular weight excluding hydrogens is 170 g/mol. The quantitative estimate of drug-likeness (QED) is 0.726. The molecule has 0 saturated carbocycles. The van der Waals surface area contributed by atoms with Gasteiger partial charge in [0.1, 0.15) is 11.9 Å². The first-order valence-corrected chi connectivity index (χ1v) is 4.10. The maximum Gasteiger partial charge on any atom is 0.328 e. The first kappa shape index (κ1) is 9.57. The van der Waals surface area contributed by atoms with Crippen molar-refractivity contribution >= 4 is 11.8 Å². The van der Waals surface area contributed by atoms with Gasteiger partial charge in [-0.05, 0) is 13.3 Å². The lowest BCUT2D eigenvalue weighted by Crippen LogP contribution is -2.20. The van der Waals surface area contributed by atoms with Gasteiger partial charge >= 0.3 is 5.97 Å². The van der Waals surface area contributed by atoms with Gasteiger partial charge in [-0.3, -0.25) is 4.68 Å². The number of nitrogen functional groups attached to an aromatic ring is 1. The first-order valence-electron chi connectivity index (χ1n) is 4.10. The highest BCUT2D eigenvalue weighted by atomic mass is 16.4. The number of carboxylic acids is 1. The molecule has 0 radical (unpaired) electrons. The molecule has 1 heterocycles. The van der Waals surface area contributed by atoms with Gasteiger partial charge in [-0.15, -0.1) is 0 Å². The summed E-state index contributed by atoms with van der Waals surface area (Å²) in [5.41, 5.74) is 6.22. The number of hydrogen-bond donors (Lipinski definition) is 2. The number of aliphatic carboxylic acids is 1. The molecule has 0 amide bonds. The highest BCUT2D eigenvalue weighted by Crippen LogP contribution is 2.15. The summed E-state index contributed by atoms with van der Waals surface area (Å²) in [6, 6.07) is 1.04. The summed E-state index contributed by atoms with van der Waals surface area (Å²) >= 11 is 0. The number of hydrogen-bond acceptors (Lipinski definition) is 3. The number of rotatable bonds is 3. The summed E-state index contributed by atoms with van der Waals surface area (Å²) < 4.78 is 1.44. The molecule has 1 atom stereocenters. The van der Waals surface area contributed by atoms with Crippen LogP contribution in [0, 0.1) is 6.92 Å². The third-order valence-electron chi connectivity index (χ3n) is 1.91. The van der Waals surface area contributed by atoms with Crippen molar-refractivity contribution in [2.24, 2.45) is 0 Å².